The van der Waals surface area contributed by atoms with E-state index in [0.717, 1.165) is 0 Å². The predicted octanol–water partition coefficient (Wildman–Crippen LogP) is 1.20. The second-order valence-corrected chi connectivity index (χ2v) is 3.87. The van der Waals surface area contributed by atoms with Crippen LogP contribution in [0.2, 0.25) is 0 Å². The van der Waals surface area contributed by atoms with Crippen molar-refractivity contribution in [1.82, 2.24) is 0 Å². The summed E-state index contributed by atoms with van der Waals surface area (Å²) in [4.78, 5) is 21.7. The smallest absolute Gasteiger partial charge is 1.00 e. The molecule has 1 aliphatic carbocycles. The van der Waals surface area contributed by atoms with Crippen LogP contribution < -0.4 is 0 Å². The maximum atomic E-state index is 10.8. The summed E-state index contributed by atoms with van der Waals surface area (Å²) in [6.07, 6.45) is 1.91. The van der Waals surface area contributed by atoms with Gasteiger partial charge in [-0.3, -0.25) is 9.59 Å². The van der Waals surface area contributed by atoms with Crippen molar-refractivity contribution in [2.45, 2.75) is 32.6 Å². The summed E-state index contributed by atoms with van der Waals surface area (Å²) in [7, 11) is 0. The van der Waals surface area contributed by atoms with Crippen molar-refractivity contribution >= 4 is 49.7 Å². The van der Waals surface area contributed by atoms with Gasteiger partial charge >= 0.3 is 49.7 Å². The molecule has 0 aliphatic heterocycles. The van der Waals surface area contributed by atoms with Gasteiger partial charge in [-0.05, 0) is 31.6 Å². The molecule has 2 N–H and O–H groups in total. The number of rotatable bonds is 2. The Balaban J connectivity index is -0.000000563. The van der Waals surface area contributed by atoms with E-state index in [4.69, 9.17) is 10.2 Å². The van der Waals surface area contributed by atoms with E-state index in [1.807, 2.05) is 6.92 Å². The summed E-state index contributed by atoms with van der Waals surface area (Å²) in [5.74, 6) is -1.93. The van der Waals surface area contributed by atoms with Crippen LogP contribution in [0, 0.1) is 11.3 Å². The van der Waals surface area contributed by atoms with E-state index in [1.54, 1.807) is 0 Å². The number of hydrogen-bond donors (Lipinski definition) is 2. The molecule has 78 valence electrons. The van der Waals surface area contributed by atoms with Gasteiger partial charge in [0.05, 0.1) is 0 Å². The van der Waals surface area contributed by atoms with E-state index in [2.05, 4.69) is 0 Å². The summed E-state index contributed by atoms with van der Waals surface area (Å²) in [6.45, 7) is 2.02. The number of carboxylic acids is 2. The molecule has 0 aromatic rings. The summed E-state index contributed by atoms with van der Waals surface area (Å²) < 4.78 is 0. The van der Waals surface area contributed by atoms with Gasteiger partial charge < -0.3 is 13.1 Å². The van der Waals surface area contributed by atoms with E-state index in [0.29, 0.717) is 18.8 Å². The van der Waals surface area contributed by atoms with E-state index >= 15 is 0 Å². The second-order valence-electron chi connectivity index (χ2n) is 3.87. The Morgan fingerprint density at radius 1 is 1.21 bits per heavy atom. The molecule has 0 aromatic heterocycles. The Morgan fingerprint density at radius 2 is 1.57 bits per heavy atom. The van der Waals surface area contributed by atoms with E-state index in [1.165, 1.54) is 0 Å². The number of aliphatic carboxylic acids is 2. The normalized spacial score (nSPS) is 20.9. The van der Waals surface area contributed by atoms with Crippen LogP contribution in [0.5, 0.6) is 0 Å². The minimum atomic E-state index is -1.51. The minimum absolute atomic E-state index is 0. The molecule has 0 amide bonds. The van der Waals surface area contributed by atoms with Gasteiger partial charge in [0.25, 0.3) is 0 Å². The van der Waals surface area contributed by atoms with Gasteiger partial charge in [0.1, 0.15) is 0 Å². The Kier molecular flexibility index (Phi) is 5.41. The average molecular weight is 228 g/mol. The molecule has 1 rings (SSSR count). The van der Waals surface area contributed by atoms with Crippen molar-refractivity contribution in [2.24, 2.45) is 11.3 Å². The zero-order valence-corrected chi connectivity index (χ0v) is 10.5. The molecule has 0 unspecified atom stereocenters. The average Bonchev–Trinajstić information content (AvgIpc) is 2.04. The number of carboxylic acid groups (broad SMARTS) is 2. The molecule has 0 spiro atoms. The molecular weight excluding hydrogens is 212 g/mol. The van der Waals surface area contributed by atoms with Gasteiger partial charge in [-0.2, -0.15) is 0 Å². The molecule has 4 nitrogen and oxygen atoms in total. The third-order valence-electron chi connectivity index (χ3n) is 2.95. The summed E-state index contributed by atoms with van der Waals surface area (Å²) in [5, 5.41) is 17.7. The van der Waals surface area contributed by atoms with Crippen LogP contribution in [0.25, 0.3) is 0 Å². The van der Waals surface area contributed by atoms with Crippen molar-refractivity contribution in [1.29, 1.82) is 0 Å². The maximum absolute atomic E-state index is 10.8. The molecule has 14 heavy (non-hydrogen) atoms. The molecular formula is C9H16CaO4. The Bertz CT molecular complexity index is 224. The molecule has 0 radical (unpaired) electrons. The zero-order chi connectivity index (χ0) is 10.1. The standard InChI is InChI=1S/C9H14O4.Ca.2H/c1-6-2-4-9(5-3-6,7(10)11)8(12)13;;;/h6H,2-5H2,1H3,(H,10,11)(H,12,13);;;/q;+2;2*-1. The van der Waals surface area contributed by atoms with E-state index in [-0.39, 0.29) is 53.4 Å². The van der Waals surface area contributed by atoms with Crippen LogP contribution in [-0.4, -0.2) is 59.9 Å². The molecule has 5 heteroatoms. The largest absolute Gasteiger partial charge is 2.00 e. The van der Waals surface area contributed by atoms with Crippen molar-refractivity contribution in [3.05, 3.63) is 0 Å². The van der Waals surface area contributed by atoms with Crippen molar-refractivity contribution in [3.63, 3.8) is 0 Å². The van der Waals surface area contributed by atoms with Crippen LogP contribution in [0.1, 0.15) is 35.5 Å². The first-order valence-electron chi connectivity index (χ1n) is 4.46. The van der Waals surface area contributed by atoms with Gasteiger partial charge in [0.2, 0.25) is 0 Å². The summed E-state index contributed by atoms with van der Waals surface area (Å²) in [6, 6.07) is 0. The van der Waals surface area contributed by atoms with Crippen LogP contribution >= 0.6 is 0 Å². The minimum Gasteiger partial charge on any atom is -1.00 e. The van der Waals surface area contributed by atoms with Crippen LogP contribution in [0.4, 0.5) is 0 Å². The van der Waals surface area contributed by atoms with Crippen LogP contribution in [-0.2, 0) is 9.59 Å². The Labute approximate surface area is 116 Å². The van der Waals surface area contributed by atoms with Crippen molar-refractivity contribution < 1.29 is 22.7 Å². The molecule has 0 aromatic carbocycles. The van der Waals surface area contributed by atoms with Gasteiger partial charge in [-0.25, -0.2) is 0 Å². The Morgan fingerprint density at radius 3 is 1.86 bits per heavy atom. The maximum Gasteiger partial charge on any atom is 2.00 e. The number of carbonyl (C=O) groups is 2. The van der Waals surface area contributed by atoms with Gasteiger partial charge in [-0.1, -0.05) is 6.92 Å². The second kappa shape index (κ2) is 5.33. The first-order chi connectivity index (χ1) is 5.99. The fraction of sp³-hybridized carbons (Fsp3) is 0.778. The molecule has 1 saturated carbocycles. The molecule has 0 bridgehead atoms. The first kappa shape index (κ1) is 14.2. The Hall–Kier alpha value is 0.200. The van der Waals surface area contributed by atoms with Gasteiger partial charge in [0.15, 0.2) is 5.41 Å². The predicted molar refractivity (Wildman–Crippen MR) is 53.3 cm³/mol. The molecule has 0 heterocycles. The summed E-state index contributed by atoms with van der Waals surface area (Å²) >= 11 is 0. The van der Waals surface area contributed by atoms with Crippen molar-refractivity contribution in [2.75, 3.05) is 0 Å². The third-order valence-corrected chi connectivity index (χ3v) is 2.95. The SMILES string of the molecule is CC1CCC(C(=O)O)(C(=O)O)CC1.[Ca+2].[H-].[H-]. The third kappa shape index (κ3) is 2.61. The summed E-state index contributed by atoms with van der Waals surface area (Å²) in [5.41, 5.74) is -1.51. The molecule has 1 aliphatic rings. The van der Waals surface area contributed by atoms with Crippen LogP contribution in [0.3, 0.4) is 0 Å². The molecule has 0 atom stereocenters. The topological polar surface area (TPSA) is 74.6 Å². The molecule has 1 fully saturated rings. The fourth-order valence-electron chi connectivity index (χ4n) is 1.77. The van der Waals surface area contributed by atoms with E-state index in [9.17, 15) is 9.59 Å². The number of hydrogen-bond acceptors (Lipinski definition) is 2. The first-order valence-corrected chi connectivity index (χ1v) is 4.46. The van der Waals surface area contributed by atoms with Crippen molar-refractivity contribution in [3.8, 4) is 0 Å². The van der Waals surface area contributed by atoms with E-state index < -0.39 is 17.4 Å². The van der Waals surface area contributed by atoms with Gasteiger partial charge in [0, 0.05) is 0 Å². The molecule has 0 saturated heterocycles. The quantitative estimate of drug-likeness (QED) is 0.550. The zero-order valence-electron chi connectivity index (χ0n) is 10.3. The monoisotopic (exact) mass is 228 g/mol. The van der Waals surface area contributed by atoms with Gasteiger partial charge in [-0.15, -0.1) is 0 Å². The fourth-order valence-corrected chi connectivity index (χ4v) is 1.77. The van der Waals surface area contributed by atoms with Crippen LogP contribution in [0.15, 0.2) is 0 Å².